The molecule has 0 aliphatic carbocycles. The lowest BCUT2D eigenvalue weighted by molar-refractivity contribution is -0.387. The van der Waals surface area contributed by atoms with Crippen molar-refractivity contribution in [1.82, 2.24) is 14.5 Å². The molecular formula is C33H25N5O6S2. The summed E-state index contributed by atoms with van der Waals surface area (Å²) in [6.07, 6.45) is 4.71. The van der Waals surface area contributed by atoms with Crippen molar-refractivity contribution in [3.8, 4) is 5.75 Å². The molecule has 2 aromatic heterocycles. The van der Waals surface area contributed by atoms with Gasteiger partial charge in [-0.05, 0) is 60.2 Å². The zero-order chi connectivity index (χ0) is 32.2. The molecule has 1 aliphatic rings. The summed E-state index contributed by atoms with van der Waals surface area (Å²) in [5.74, 6) is -0.0504. The second kappa shape index (κ2) is 13.3. The van der Waals surface area contributed by atoms with E-state index in [9.17, 15) is 19.7 Å². The fourth-order valence-corrected chi connectivity index (χ4v) is 6.81. The van der Waals surface area contributed by atoms with E-state index < -0.39 is 22.5 Å². The summed E-state index contributed by atoms with van der Waals surface area (Å²) < 4.78 is 12.7. The van der Waals surface area contributed by atoms with Crippen molar-refractivity contribution in [3.63, 3.8) is 0 Å². The molecule has 0 radical (unpaired) electrons. The third-order valence-corrected chi connectivity index (χ3v) is 8.95. The number of rotatable bonds is 9. The van der Waals surface area contributed by atoms with Gasteiger partial charge in [-0.2, -0.15) is 0 Å². The molecule has 6 rings (SSSR count). The van der Waals surface area contributed by atoms with Crippen LogP contribution in [0.25, 0.3) is 11.8 Å². The van der Waals surface area contributed by atoms with Gasteiger partial charge in [-0.3, -0.25) is 19.5 Å². The number of nitrogens with zero attached hydrogens (tertiary/aromatic N) is 5. The Morgan fingerprint density at radius 1 is 1.07 bits per heavy atom. The van der Waals surface area contributed by atoms with Gasteiger partial charge in [-0.25, -0.2) is 19.8 Å². The quantitative estimate of drug-likeness (QED) is 0.0953. The topological polar surface area (TPSA) is 139 Å². The average molecular weight is 652 g/mol. The summed E-state index contributed by atoms with van der Waals surface area (Å²) in [4.78, 5) is 53.2. The molecule has 0 amide bonds. The predicted octanol–water partition coefficient (Wildman–Crippen LogP) is 4.79. The van der Waals surface area contributed by atoms with Gasteiger partial charge in [0.15, 0.2) is 9.96 Å². The maximum Gasteiger partial charge on any atom is 0.338 e. The number of esters is 1. The fourth-order valence-electron chi connectivity index (χ4n) is 5.01. The van der Waals surface area contributed by atoms with E-state index in [0.29, 0.717) is 43.0 Å². The predicted molar refractivity (Wildman–Crippen MR) is 173 cm³/mol. The van der Waals surface area contributed by atoms with E-state index >= 15 is 0 Å². The molecule has 0 spiro atoms. The van der Waals surface area contributed by atoms with Crippen LogP contribution in [0.4, 0.5) is 5.69 Å². The number of nitro groups is 1. The zero-order valence-corrected chi connectivity index (χ0v) is 26.2. The number of nitro benzene ring substituents is 1. The van der Waals surface area contributed by atoms with E-state index in [4.69, 9.17) is 14.5 Å². The minimum Gasteiger partial charge on any atom is -0.497 e. The third-order valence-electron chi connectivity index (χ3n) is 7.00. The first-order chi connectivity index (χ1) is 22.4. The normalized spacial score (nSPS) is 14.4. The smallest absolute Gasteiger partial charge is 0.338 e. The Bertz CT molecular complexity index is 2160. The molecule has 3 aromatic carbocycles. The van der Waals surface area contributed by atoms with Crippen LogP contribution in [0.1, 0.15) is 29.7 Å². The molecule has 0 saturated heterocycles. The minimum absolute atomic E-state index is 0.128. The van der Waals surface area contributed by atoms with Crippen LogP contribution in [0.3, 0.4) is 0 Å². The first-order valence-corrected chi connectivity index (χ1v) is 15.7. The third kappa shape index (κ3) is 6.10. The standard InChI is InChI=1S/C33H25N5O6S2/c1-3-44-31(40)27-28(21-9-5-4-6-10-21)36-33-37(29(27)22-11-7-12-23(19-22)43-2)30(39)26(46-33)18-20-13-14-25(24(17-20)38(41)42)45-32-34-15-8-16-35-32/h4-19,29H,3H2,1-2H3/b26-18+/t29-/m0/s1. The molecule has 0 bridgehead atoms. The molecular weight excluding hydrogens is 627 g/mol. The van der Waals surface area contributed by atoms with Crippen molar-refractivity contribution in [2.45, 2.75) is 23.0 Å². The van der Waals surface area contributed by atoms with Gasteiger partial charge >= 0.3 is 5.97 Å². The summed E-state index contributed by atoms with van der Waals surface area (Å²) in [5, 5.41) is 12.4. The van der Waals surface area contributed by atoms with Crippen LogP contribution in [0.15, 0.2) is 117 Å². The number of carbonyl (C=O) groups is 1. The Kier molecular flexibility index (Phi) is 8.85. The van der Waals surface area contributed by atoms with Crippen LogP contribution in [0.2, 0.25) is 0 Å². The van der Waals surface area contributed by atoms with Crippen molar-refractivity contribution < 1.29 is 19.2 Å². The number of thiazole rings is 1. The van der Waals surface area contributed by atoms with Crippen LogP contribution in [0, 0.1) is 10.1 Å². The average Bonchev–Trinajstić information content (AvgIpc) is 3.39. The molecule has 3 heterocycles. The van der Waals surface area contributed by atoms with Crippen molar-refractivity contribution in [3.05, 3.63) is 143 Å². The number of hydrogen-bond acceptors (Lipinski definition) is 11. The van der Waals surface area contributed by atoms with E-state index in [0.717, 1.165) is 23.1 Å². The Balaban J connectivity index is 1.55. The van der Waals surface area contributed by atoms with Gasteiger partial charge in [0.2, 0.25) is 0 Å². The Morgan fingerprint density at radius 3 is 2.57 bits per heavy atom. The van der Waals surface area contributed by atoms with E-state index in [1.807, 2.05) is 36.4 Å². The van der Waals surface area contributed by atoms with E-state index in [2.05, 4.69) is 9.97 Å². The fraction of sp³-hybridized carbons (Fsp3) is 0.121. The van der Waals surface area contributed by atoms with Gasteiger partial charge < -0.3 is 9.47 Å². The second-order valence-electron chi connectivity index (χ2n) is 9.83. The number of ether oxygens (including phenoxy) is 2. The molecule has 1 atom stereocenters. The molecule has 230 valence electrons. The summed E-state index contributed by atoms with van der Waals surface area (Å²) >= 11 is 2.20. The summed E-state index contributed by atoms with van der Waals surface area (Å²) in [7, 11) is 1.54. The molecule has 46 heavy (non-hydrogen) atoms. The van der Waals surface area contributed by atoms with Crippen molar-refractivity contribution in [2.24, 2.45) is 4.99 Å². The van der Waals surface area contributed by atoms with E-state index in [1.54, 1.807) is 61.8 Å². The van der Waals surface area contributed by atoms with Gasteiger partial charge in [0.25, 0.3) is 11.2 Å². The van der Waals surface area contributed by atoms with Gasteiger partial charge in [0, 0.05) is 24.0 Å². The molecule has 13 heteroatoms. The molecule has 5 aromatic rings. The molecule has 0 fully saturated rings. The van der Waals surface area contributed by atoms with E-state index in [-0.39, 0.29) is 22.4 Å². The molecule has 1 aliphatic heterocycles. The van der Waals surface area contributed by atoms with Crippen molar-refractivity contribution in [1.29, 1.82) is 0 Å². The Labute approximate surface area is 270 Å². The maximum atomic E-state index is 14.2. The summed E-state index contributed by atoms with van der Waals surface area (Å²) in [6.45, 7) is 1.84. The van der Waals surface area contributed by atoms with Gasteiger partial charge in [0.1, 0.15) is 5.75 Å². The van der Waals surface area contributed by atoms with Crippen molar-refractivity contribution in [2.75, 3.05) is 13.7 Å². The lowest BCUT2D eigenvalue weighted by Crippen LogP contribution is -2.40. The van der Waals surface area contributed by atoms with Crippen LogP contribution >= 0.6 is 23.1 Å². The van der Waals surface area contributed by atoms with E-state index in [1.165, 1.54) is 17.7 Å². The van der Waals surface area contributed by atoms with Crippen LogP contribution in [-0.2, 0) is 9.53 Å². The molecule has 0 N–H and O–H groups in total. The number of hydrogen-bond donors (Lipinski definition) is 0. The second-order valence-corrected chi connectivity index (χ2v) is 11.8. The molecule has 0 saturated carbocycles. The molecule has 11 nitrogen and oxygen atoms in total. The Hall–Kier alpha value is -5.40. The zero-order valence-electron chi connectivity index (χ0n) is 24.5. The largest absolute Gasteiger partial charge is 0.497 e. The number of carbonyl (C=O) groups excluding carboxylic acids is 1. The summed E-state index contributed by atoms with van der Waals surface area (Å²) in [6, 6.07) is 21.8. The van der Waals surface area contributed by atoms with Gasteiger partial charge in [-0.1, -0.05) is 59.9 Å². The highest BCUT2D eigenvalue weighted by Crippen LogP contribution is 2.36. The number of aromatic nitrogens is 3. The molecule has 0 unspecified atom stereocenters. The number of benzene rings is 3. The lowest BCUT2D eigenvalue weighted by Gasteiger charge is -2.26. The van der Waals surface area contributed by atoms with Gasteiger partial charge in [-0.15, -0.1) is 0 Å². The number of fused-ring (bicyclic) bond motifs is 1. The highest BCUT2D eigenvalue weighted by Gasteiger charge is 2.35. The van der Waals surface area contributed by atoms with Crippen LogP contribution in [0.5, 0.6) is 5.75 Å². The first kappa shape index (κ1) is 30.6. The lowest BCUT2D eigenvalue weighted by atomic mass is 9.93. The van der Waals surface area contributed by atoms with Crippen LogP contribution < -0.4 is 19.6 Å². The van der Waals surface area contributed by atoms with Gasteiger partial charge in [0.05, 0.1) is 45.4 Å². The maximum absolute atomic E-state index is 14.2. The number of methoxy groups -OCH3 is 1. The monoisotopic (exact) mass is 651 g/mol. The SMILES string of the molecule is CCOC(=O)C1=C(c2ccccc2)N=c2s/c(=C/c3ccc(Sc4ncccn4)c([N+](=O)[O-])c3)c(=O)n2[C@H]1c1cccc(OC)c1. The highest BCUT2D eigenvalue weighted by molar-refractivity contribution is 7.99. The summed E-state index contributed by atoms with van der Waals surface area (Å²) in [5.41, 5.74) is 1.79. The Morgan fingerprint density at radius 2 is 1.85 bits per heavy atom. The van der Waals surface area contributed by atoms with Crippen molar-refractivity contribution >= 4 is 46.5 Å². The first-order valence-electron chi connectivity index (χ1n) is 14.0. The van der Waals surface area contributed by atoms with Crippen LogP contribution in [-0.4, -0.2) is 39.1 Å². The minimum atomic E-state index is -0.887. The highest BCUT2D eigenvalue weighted by atomic mass is 32.2.